The van der Waals surface area contributed by atoms with Gasteiger partial charge < -0.3 is 15.8 Å². The highest BCUT2D eigenvalue weighted by molar-refractivity contribution is 5.99. The van der Waals surface area contributed by atoms with E-state index >= 15 is 0 Å². The Morgan fingerprint density at radius 2 is 2.14 bits per heavy atom. The quantitative estimate of drug-likeness (QED) is 0.897. The first-order valence-corrected chi connectivity index (χ1v) is 7.20. The van der Waals surface area contributed by atoms with E-state index in [2.05, 4.69) is 5.32 Å². The molecule has 0 heterocycles. The van der Waals surface area contributed by atoms with Gasteiger partial charge in [0.05, 0.1) is 6.10 Å². The first-order valence-electron chi connectivity index (χ1n) is 7.20. The highest BCUT2D eigenvalue weighted by Crippen LogP contribution is 2.50. The van der Waals surface area contributed by atoms with Gasteiger partial charge in [0.15, 0.2) is 0 Å². The number of hydrogen-bond donors (Lipinski definition) is 2. The Kier molecular flexibility index (Phi) is 4.08. The zero-order valence-electron chi connectivity index (χ0n) is 13.0. The minimum atomic E-state index is -1.01. The van der Waals surface area contributed by atoms with Gasteiger partial charge in [-0.2, -0.15) is 0 Å². The third kappa shape index (κ3) is 2.68. The van der Waals surface area contributed by atoms with Crippen molar-refractivity contribution in [3.63, 3.8) is 0 Å². The number of carbonyl (C=O) groups excluding carboxylic acids is 1. The standard InChI is InChI=1S/C16H23FN2O2/c1-5-21-13-9-16(18,15(13,3)4)14(20)19-12-7-10(2)6-11(17)8-12/h6-8,13H,5,9,18H2,1-4H3,(H,19,20). The highest BCUT2D eigenvalue weighted by Gasteiger charge is 2.62. The summed E-state index contributed by atoms with van der Waals surface area (Å²) < 4.78 is 19.0. The van der Waals surface area contributed by atoms with Crippen LogP contribution in [0.15, 0.2) is 18.2 Å². The lowest BCUT2D eigenvalue weighted by molar-refractivity contribution is -0.166. The number of aryl methyl sites for hydroxylation is 1. The minimum absolute atomic E-state index is 0.0347. The number of rotatable bonds is 4. The number of nitrogens with two attached hydrogens (primary N) is 1. The number of nitrogens with one attached hydrogen (secondary N) is 1. The van der Waals surface area contributed by atoms with Crippen molar-refractivity contribution in [2.24, 2.45) is 11.1 Å². The number of benzene rings is 1. The van der Waals surface area contributed by atoms with Crippen LogP contribution in [0.2, 0.25) is 0 Å². The van der Waals surface area contributed by atoms with Gasteiger partial charge in [0.2, 0.25) is 5.91 Å². The van der Waals surface area contributed by atoms with E-state index in [1.165, 1.54) is 12.1 Å². The molecule has 2 unspecified atom stereocenters. The van der Waals surface area contributed by atoms with Gasteiger partial charge in [-0.3, -0.25) is 4.79 Å². The normalized spacial score (nSPS) is 27.0. The summed E-state index contributed by atoms with van der Waals surface area (Å²) in [5, 5.41) is 2.72. The van der Waals surface area contributed by atoms with Crippen LogP contribution in [0.3, 0.4) is 0 Å². The smallest absolute Gasteiger partial charge is 0.245 e. The Labute approximate surface area is 124 Å². The van der Waals surface area contributed by atoms with Gasteiger partial charge in [-0.15, -0.1) is 0 Å². The van der Waals surface area contributed by atoms with Gasteiger partial charge in [-0.05, 0) is 37.6 Å². The zero-order chi connectivity index (χ0) is 15.8. The molecule has 0 aliphatic heterocycles. The molecule has 21 heavy (non-hydrogen) atoms. The van der Waals surface area contributed by atoms with Crippen LogP contribution in [-0.2, 0) is 9.53 Å². The van der Waals surface area contributed by atoms with Crippen molar-refractivity contribution in [3.05, 3.63) is 29.6 Å². The number of anilines is 1. The molecule has 2 atom stereocenters. The Hall–Kier alpha value is -1.46. The van der Waals surface area contributed by atoms with Crippen molar-refractivity contribution in [2.75, 3.05) is 11.9 Å². The van der Waals surface area contributed by atoms with Gasteiger partial charge >= 0.3 is 0 Å². The second-order valence-electron chi connectivity index (χ2n) is 6.31. The molecule has 0 bridgehead atoms. The number of carbonyl (C=O) groups is 1. The first kappa shape index (κ1) is 15.9. The van der Waals surface area contributed by atoms with Crippen molar-refractivity contribution < 1.29 is 13.9 Å². The van der Waals surface area contributed by atoms with Crippen LogP contribution in [0.4, 0.5) is 10.1 Å². The molecule has 0 radical (unpaired) electrons. The summed E-state index contributed by atoms with van der Waals surface area (Å²) in [4.78, 5) is 12.5. The SMILES string of the molecule is CCOC1CC(N)(C(=O)Nc2cc(C)cc(F)c2)C1(C)C. The summed E-state index contributed by atoms with van der Waals surface area (Å²) in [6.07, 6.45) is 0.432. The second-order valence-corrected chi connectivity index (χ2v) is 6.31. The van der Waals surface area contributed by atoms with E-state index in [-0.39, 0.29) is 17.8 Å². The topological polar surface area (TPSA) is 64.3 Å². The van der Waals surface area contributed by atoms with E-state index in [1.807, 2.05) is 20.8 Å². The van der Waals surface area contributed by atoms with Crippen LogP contribution in [0.1, 0.15) is 32.8 Å². The lowest BCUT2D eigenvalue weighted by Crippen LogP contribution is -2.74. The second kappa shape index (κ2) is 5.39. The zero-order valence-corrected chi connectivity index (χ0v) is 13.0. The van der Waals surface area contributed by atoms with E-state index in [4.69, 9.17) is 10.5 Å². The molecule has 1 aliphatic carbocycles. The Balaban J connectivity index is 2.14. The number of halogens is 1. The summed E-state index contributed by atoms with van der Waals surface area (Å²) in [5.74, 6) is -0.676. The third-order valence-corrected chi connectivity index (χ3v) is 4.54. The van der Waals surface area contributed by atoms with Crippen molar-refractivity contribution in [1.82, 2.24) is 0 Å². The summed E-state index contributed by atoms with van der Waals surface area (Å²) in [6, 6.07) is 4.42. The molecule has 1 aromatic carbocycles. The molecule has 5 heteroatoms. The fourth-order valence-corrected chi connectivity index (χ4v) is 2.87. The van der Waals surface area contributed by atoms with E-state index in [0.29, 0.717) is 18.7 Å². The number of amides is 1. The predicted molar refractivity (Wildman–Crippen MR) is 80.5 cm³/mol. The molecule has 1 saturated carbocycles. The maximum absolute atomic E-state index is 13.4. The molecule has 0 saturated heterocycles. The summed E-state index contributed by atoms with van der Waals surface area (Å²) in [5.41, 5.74) is 5.99. The van der Waals surface area contributed by atoms with Crippen LogP contribution in [-0.4, -0.2) is 24.2 Å². The van der Waals surface area contributed by atoms with Gasteiger partial charge in [0.1, 0.15) is 11.4 Å². The monoisotopic (exact) mass is 294 g/mol. The molecular weight excluding hydrogens is 271 g/mol. The van der Waals surface area contributed by atoms with Crippen LogP contribution < -0.4 is 11.1 Å². The van der Waals surface area contributed by atoms with Crippen molar-refractivity contribution in [3.8, 4) is 0 Å². The summed E-state index contributed by atoms with van der Waals surface area (Å²) in [6.45, 7) is 8.13. The molecule has 1 aliphatic rings. The lowest BCUT2D eigenvalue weighted by Gasteiger charge is -2.57. The van der Waals surface area contributed by atoms with E-state index in [0.717, 1.165) is 5.56 Å². The number of ether oxygens (including phenoxy) is 1. The molecular formula is C16H23FN2O2. The summed E-state index contributed by atoms with van der Waals surface area (Å²) >= 11 is 0. The van der Waals surface area contributed by atoms with Crippen molar-refractivity contribution >= 4 is 11.6 Å². The fraction of sp³-hybridized carbons (Fsp3) is 0.562. The highest BCUT2D eigenvalue weighted by atomic mass is 19.1. The van der Waals surface area contributed by atoms with Gasteiger partial charge in [0.25, 0.3) is 0 Å². The molecule has 2 rings (SSSR count). The molecule has 3 N–H and O–H groups in total. The maximum atomic E-state index is 13.4. The molecule has 116 valence electrons. The first-order chi connectivity index (χ1) is 9.70. The van der Waals surface area contributed by atoms with Crippen LogP contribution in [0.25, 0.3) is 0 Å². The van der Waals surface area contributed by atoms with Crippen LogP contribution >= 0.6 is 0 Å². The van der Waals surface area contributed by atoms with Crippen molar-refractivity contribution in [2.45, 2.75) is 45.8 Å². The molecule has 1 aromatic rings. The van der Waals surface area contributed by atoms with E-state index < -0.39 is 11.0 Å². The minimum Gasteiger partial charge on any atom is -0.378 e. The average Bonchev–Trinajstić information content (AvgIpc) is 2.36. The Morgan fingerprint density at radius 1 is 1.48 bits per heavy atom. The molecule has 0 spiro atoms. The number of hydrogen-bond acceptors (Lipinski definition) is 3. The molecule has 1 fully saturated rings. The van der Waals surface area contributed by atoms with Gasteiger partial charge in [-0.1, -0.05) is 13.8 Å². The van der Waals surface area contributed by atoms with Crippen LogP contribution in [0.5, 0.6) is 0 Å². The molecule has 1 amide bonds. The Bertz CT molecular complexity index is 539. The van der Waals surface area contributed by atoms with E-state index in [1.54, 1.807) is 13.0 Å². The predicted octanol–water partition coefficient (Wildman–Crippen LogP) is 2.61. The van der Waals surface area contributed by atoms with Gasteiger partial charge in [-0.25, -0.2) is 4.39 Å². The molecule has 0 aromatic heterocycles. The molecule has 4 nitrogen and oxygen atoms in total. The fourth-order valence-electron chi connectivity index (χ4n) is 2.87. The largest absolute Gasteiger partial charge is 0.378 e. The average molecular weight is 294 g/mol. The van der Waals surface area contributed by atoms with E-state index in [9.17, 15) is 9.18 Å². The van der Waals surface area contributed by atoms with Crippen LogP contribution in [0, 0.1) is 18.2 Å². The van der Waals surface area contributed by atoms with Crippen molar-refractivity contribution in [1.29, 1.82) is 0 Å². The Morgan fingerprint density at radius 3 is 2.67 bits per heavy atom. The van der Waals surface area contributed by atoms with Gasteiger partial charge in [0, 0.05) is 24.1 Å². The maximum Gasteiger partial charge on any atom is 0.245 e. The lowest BCUT2D eigenvalue weighted by atomic mass is 9.54. The summed E-state index contributed by atoms with van der Waals surface area (Å²) in [7, 11) is 0. The third-order valence-electron chi connectivity index (χ3n) is 4.54.